The Labute approximate surface area is 613 Å². The number of aliphatic hydroxyl groups is 1. The summed E-state index contributed by atoms with van der Waals surface area (Å²) in [7, 11) is -9.91. The van der Waals surface area contributed by atoms with Gasteiger partial charge in [-0.15, -0.1) is 0 Å². The van der Waals surface area contributed by atoms with Crippen molar-refractivity contribution in [3.8, 4) is 0 Å². The third-order valence-corrected chi connectivity index (χ3v) is 21.0. The van der Waals surface area contributed by atoms with Crippen LogP contribution in [0.5, 0.6) is 0 Å². The van der Waals surface area contributed by atoms with Crippen LogP contribution in [0.25, 0.3) is 0 Å². The van der Waals surface area contributed by atoms with Crippen molar-refractivity contribution in [1.29, 1.82) is 0 Å². The molecule has 0 fully saturated rings. The maximum Gasteiger partial charge on any atom is 0.472 e. The monoisotopic (exact) mass is 1470 g/mol. The van der Waals surface area contributed by atoms with Crippen LogP contribution in [-0.2, 0) is 65.4 Å². The molecule has 0 aliphatic rings. The molecule has 0 aromatic carbocycles. The number of phosphoric acid groups is 2. The van der Waals surface area contributed by atoms with Crippen LogP contribution in [-0.4, -0.2) is 96.7 Å². The highest BCUT2D eigenvalue weighted by molar-refractivity contribution is 7.47. The van der Waals surface area contributed by atoms with E-state index in [0.717, 1.165) is 103 Å². The first-order valence-electron chi connectivity index (χ1n) is 42.3. The average Bonchev–Trinajstić information content (AvgIpc) is 1.07. The first-order chi connectivity index (χ1) is 48.7. The van der Waals surface area contributed by atoms with Crippen molar-refractivity contribution in [3.63, 3.8) is 0 Å². The molecule has 0 spiro atoms. The van der Waals surface area contributed by atoms with Gasteiger partial charge < -0.3 is 33.8 Å². The summed E-state index contributed by atoms with van der Waals surface area (Å²) < 4.78 is 68.6. The fraction of sp³-hybridized carbons (Fsp3) is 0.951. The summed E-state index contributed by atoms with van der Waals surface area (Å²) in [5.74, 6) is -2.11. The zero-order valence-electron chi connectivity index (χ0n) is 65.2. The predicted molar refractivity (Wildman–Crippen MR) is 409 cm³/mol. The van der Waals surface area contributed by atoms with E-state index in [1.807, 2.05) is 0 Å². The van der Waals surface area contributed by atoms with Gasteiger partial charge in [0, 0.05) is 25.7 Å². The van der Waals surface area contributed by atoms with E-state index in [9.17, 15) is 43.2 Å². The lowest BCUT2D eigenvalue weighted by Gasteiger charge is -2.21. The largest absolute Gasteiger partial charge is 0.472 e. The molecule has 2 unspecified atom stereocenters. The summed E-state index contributed by atoms with van der Waals surface area (Å²) in [6.07, 6.45) is 68.2. The predicted octanol–water partition coefficient (Wildman–Crippen LogP) is 24.6. The fourth-order valence-electron chi connectivity index (χ4n) is 12.6. The van der Waals surface area contributed by atoms with E-state index in [1.54, 1.807) is 0 Å². The standard InChI is InChI=1S/C81H158O17P2/c1-5-9-13-17-21-24-27-30-33-35-36-37-38-40-43-46-49-52-56-60-64-68-81(86)98-77(72-92-79(84)66-62-58-54-50-47-44-42-39-34-31-28-25-22-18-14-10-6-2)74-96-100(89,90)94-70-75(82)69-93-99(87,88)95-73-76(71-91-78(83)65-61-57-53-20-16-12-8-4)97-80(85)67-63-59-55-51-48-45-41-32-29-26-23-19-15-11-7-3/h75-77,82H,5-74H2,1-4H3,(H,87,88)(H,89,90)/t75-,76+,77+/m0/s1. The van der Waals surface area contributed by atoms with Crippen LogP contribution in [0.3, 0.4) is 0 Å². The van der Waals surface area contributed by atoms with E-state index in [1.165, 1.54) is 257 Å². The molecule has 0 saturated heterocycles. The minimum atomic E-state index is -4.96. The summed E-state index contributed by atoms with van der Waals surface area (Å²) in [5, 5.41) is 10.6. The Morgan fingerprint density at radius 1 is 0.240 bits per heavy atom. The normalized spacial score (nSPS) is 13.8. The molecule has 0 heterocycles. The van der Waals surface area contributed by atoms with Crippen molar-refractivity contribution >= 4 is 39.5 Å². The number of carbonyl (C=O) groups is 4. The van der Waals surface area contributed by atoms with Gasteiger partial charge in [-0.2, -0.15) is 0 Å². The molecule has 100 heavy (non-hydrogen) atoms. The Balaban J connectivity index is 5.16. The van der Waals surface area contributed by atoms with Crippen LogP contribution in [0.2, 0.25) is 0 Å². The van der Waals surface area contributed by atoms with E-state index in [4.69, 9.17) is 37.0 Å². The van der Waals surface area contributed by atoms with Crippen LogP contribution in [0, 0.1) is 0 Å². The maximum absolute atomic E-state index is 13.1. The van der Waals surface area contributed by atoms with Crippen molar-refractivity contribution in [3.05, 3.63) is 0 Å². The first kappa shape index (κ1) is 98.1. The Kier molecular flexibility index (Phi) is 73.8. The van der Waals surface area contributed by atoms with E-state index >= 15 is 0 Å². The fourth-order valence-corrected chi connectivity index (χ4v) is 14.2. The topological polar surface area (TPSA) is 237 Å². The molecule has 0 amide bonds. The second-order valence-electron chi connectivity index (χ2n) is 29.2. The van der Waals surface area contributed by atoms with Crippen molar-refractivity contribution in [1.82, 2.24) is 0 Å². The van der Waals surface area contributed by atoms with Crippen LogP contribution < -0.4 is 0 Å². The van der Waals surface area contributed by atoms with Gasteiger partial charge in [0.1, 0.15) is 19.3 Å². The van der Waals surface area contributed by atoms with Crippen molar-refractivity contribution < 1.29 is 80.2 Å². The van der Waals surface area contributed by atoms with E-state index < -0.39 is 97.5 Å². The van der Waals surface area contributed by atoms with Gasteiger partial charge in [-0.3, -0.25) is 37.3 Å². The lowest BCUT2D eigenvalue weighted by atomic mass is 10.0. The van der Waals surface area contributed by atoms with E-state index in [-0.39, 0.29) is 25.7 Å². The molecular formula is C81H158O17P2. The number of rotatable bonds is 82. The summed E-state index contributed by atoms with van der Waals surface area (Å²) in [4.78, 5) is 72.9. The Morgan fingerprint density at radius 2 is 0.400 bits per heavy atom. The molecule has 0 aromatic heterocycles. The van der Waals surface area contributed by atoms with Crippen molar-refractivity contribution in [2.45, 2.75) is 457 Å². The van der Waals surface area contributed by atoms with Gasteiger partial charge in [-0.05, 0) is 25.7 Å². The highest BCUT2D eigenvalue weighted by Crippen LogP contribution is 2.45. The molecule has 0 aliphatic carbocycles. The zero-order chi connectivity index (χ0) is 73.2. The third kappa shape index (κ3) is 74.3. The molecule has 0 radical (unpaired) electrons. The van der Waals surface area contributed by atoms with Gasteiger partial charge in [-0.1, -0.05) is 387 Å². The van der Waals surface area contributed by atoms with Gasteiger partial charge in [-0.25, -0.2) is 9.13 Å². The van der Waals surface area contributed by atoms with Crippen LogP contribution in [0.1, 0.15) is 439 Å². The Hall–Kier alpha value is -1.94. The molecule has 5 atom stereocenters. The maximum atomic E-state index is 13.1. The minimum absolute atomic E-state index is 0.108. The number of hydrogen-bond acceptors (Lipinski definition) is 15. The number of ether oxygens (including phenoxy) is 4. The lowest BCUT2D eigenvalue weighted by Crippen LogP contribution is -2.30. The Morgan fingerprint density at radius 3 is 0.590 bits per heavy atom. The highest BCUT2D eigenvalue weighted by Gasteiger charge is 2.30. The van der Waals surface area contributed by atoms with Crippen LogP contribution in [0.15, 0.2) is 0 Å². The molecule has 0 aliphatic heterocycles. The summed E-state index contributed by atoms with van der Waals surface area (Å²) in [5.41, 5.74) is 0. The summed E-state index contributed by atoms with van der Waals surface area (Å²) >= 11 is 0. The van der Waals surface area contributed by atoms with Crippen LogP contribution >= 0.6 is 15.6 Å². The quantitative estimate of drug-likeness (QED) is 0.0222. The van der Waals surface area contributed by atoms with E-state index in [0.29, 0.717) is 25.7 Å². The van der Waals surface area contributed by atoms with Gasteiger partial charge >= 0.3 is 39.5 Å². The number of phosphoric ester groups is 2. The molecular weight excluding hydrogens is 1310 g/mol. The number of carbonyl (C=O) groups excluding carboxylic acids is 4. The lowest BCUT2D eigenvalue weighted by molar-refractivity contribution is -0.161. The molecule has 0 rings (SSSR count). The van der Waals surface area contributed by atoms with Gasteiger partial charge in [0.05, 0.1) is 26.4 Å². The third-order valence-electron chi connectivity index (χ3n) is 19.1. The van der Waals surface area contributed by atoms with E-state index in [2.05, 4.69) is 27.7 Å². The number of esters is 4. The number of hydrogen-bond donors (Lipinski definition) is 3. The summed E-state index contributed by atoms with van der Waals surface area (Å²) in [6, 6.07) is 0. The second kappa shape index (κ2) is 75.3. The number of aliphatic hydroxyl groups excluding tert-OH is 1. The smallest absolute Gasteiger partial charge is 0.462 e. The highest BCUT2D eigenvalue weighted by atomic mass is 31.2. The molecule has 19 heteroatoms. The summed E-state index contributed by atoms with van der Waals surface area (Å²) in [6.45, 7) is 4.99. The van der Waals surface area contributed by atoms with Crippen molar-refractivity contribution in [2.75, 3.05) is 39.6 Å². The van der Waals surface area contributed by atoms with Crippen LogP contribution in [0.4, 0.5) is 0 Å². The zero-order valence-corrected chi connectivity index (χ0v) is 67.0. The van der Waals surface area contributed by atoms with Crippen molar-refractivity contribution in [2.24, 2.45) is 0 Å². The molecule has 3 N–H and O–H groups in total. The molecule has 0 aromatic rings. The molecule has 0 bridgehead atoms. The molecule has 0 saturated carbocycles. The second-order valence-corrected chi connectivity index (χ2v) is 32.1. The van der Waals surface area contributed by atoms with Gasteiger partial charge in [0.25, 0.3) is 0 Å². The van der Waals surface area contributed by atoms with Gasteiger partial charge in [0.2, 0.25) is 0 Å². The molecule has 17 nitrogen and oxygen atoms in total. The number of unbranched alkanes of at least 4 members (excludes halogenated alkanes) is 56. The minimum Gasteiger partial charge on any atom is -0.462 e. The van der Waals surface area contributed by atoms with Gasteiger partial charge in [0.15, 0.2) is 12.2 Å². The average molecular weight is 1470 g/mol. The first-order valence-corrected chi connectivity index (χ1v) is 45.3. The Bertz CT molecular complexity index is 1890. The SMILES string of the molecule is CCCCCCCCCCCCCCCCCCCCCCCC(=O)O[C@H](COC(=O)CCCCCCCCCCCCCCCCCCC)COP(=O)(O)OC[C@@H](O)COP(=O)(O)OC[C@@H](COC(=O)CCCCCCCCC)OC(=O)CCCCCCCCCCCCCCCCC. The molecule has 594 valence electrons.